The van der Waals surface area contributed by atoms with E-state index in [1.165, 1.54) is 16.7 Å². The van der Waals surface area contributed by atoms with Gasteiger partial charge in [0, 0.05) is 12.6 Å². The normalized spacial score (nSPS) is 10.2. The number of aryl methyl sites for hydroxylation is 2. The third kappa shape index (κ3) is 3.23. The second-order valence-corrected chi connectivity index (χ2v) is 4.85. The Labute approximate surface area is 120 Å². The molecule has 1 N–H and O–H groups in total. The van der Waals surface area contributed by atoms with Crippen LogP contribution in [0.5, 0.6) is 11.5 Å². The van der Waals surface area contributed by atoms with Gasteiger partial charge in [-0.1, -0.05) is 23.8 Å². The van der Waals surface area contributed by atoms with Crippen LogP contribution in [0, 0.1) is 13.8 Å². The molecule has 0 spiro atoms. The Hall–Kier alpha value is -2.16. The third-order valence-electron chi connectivity index (χ3n) is 3.38. The van der Waals surface area contributed by atoms with Crippen molar-refractivity contribution in [2.24, 2.45) is 0 Å². The molecule has 2 aromatic carbocycles. The number of hydrogen-bond donors (Lipinski definition) is 1. The number of methoxy groups -OCH3 is 2. The van der Waals surface area contributed by atoms with E-state index in [-0.39, 0.29) is 0 Å². The molecule has 0 saturated carbocycles. The molecule has 0 aliphatic carbocycles. The first-order valence-corrected chi connectivity index (χ1v) is 6.66. The van der Waals surface area contributed by atoms with Gasteiger partial charge in [0.15, 0.2) is 0 Å². The fourth-order valence-electron chi connectivity index (χ4n) is 2.13. The van der Waals surface area contributed by atoms with E-state index in [1.807, 2.05) is 18.2 Å². The highest BCUT2D eigenvalue weighted by Gasteiger charge is 2.06. The van der Waals surface area contributed by atoms with Crippen LogP contribution in [0.15, 0.2) is 36.4 Å². The molecular formula is C17H21NO2. The molecule has 0 saturated heterocycles. The van der Waals surface area contributed by atoms with Crippen LogP contribution in [0.2, 0.25) is 0 Å². The zero-order valence-electron chi connectivity index (χ0n) is 12.5. The highest BCUT2D eigenvalue weighted by atomic mass is 16.5. The maximum atomic E-state index is 5.37. The van der Waals surface area contributed by atoms with Crippen molar-refractivity contribution in [1.82, 2.24) is 0 Å². The van der Waals surface area contributed by atoms with E-state index in [9.17, 15) is 0 Å². The van der Waals surface area contributed by atoms with Gasteiger partial charge in [-0.25, -0.2) is 0 Å². The van der Waals surface area contributed by atoms with E-state index in [2.05, 4.69) is 37.4 Å². The maximum Gasteiger partial charge on any atom is 0.142 e. The first-order chi connectivity index (χ1) is 9.63. The van der Waals surface area contributed by atoms with Crippen molar-refractivity contribution in [3.63, 3.8) is 0 Å². The van der Waals surface area contributed by atoms with Crippen molar-refractivity contribution in [1.29, 1.82) is 0 Å². The average Bonchev–Trinajstić information content (AvgIpc) is 2.47. The molecular weight excluding hydrogens is 250 g/mol. The number of anilines is 1. The summed E-state index contributed by atoms with van der Waals surface area (Å²) >= 11 is 0. The lowest BCUT2D eigenvalue weighted by atomic mass is 10.1. The summed E-state index contributed by atoms with van der Waals surface area (Å²) in [6.07, 6.45) is 0. The molecule has 0 fully saturated rings. The molecule has 3 heteroatoms. The fourth-order valence-corrected chi connectivity index (χ4v) is 2.13. The van der Waals surface area contributed by atoms with E-state index >= 15 is 0 Å². The quantitative estimate of drug-likeness (QED) is 0.893. The number of ether oxygens (including phenoxy) is 2. The molecule has 2 rings (SSSR count). The van der Waals surface area contributed by atoms with Gasteiger partial charge in [-0.3, -0.25) is 0 Å². The van der Waals surface area contributed by atoms with Crippen LogP contribution >= 0.6 is 0 Å². The van der Waals surface area contributed by atoms with E-state index in [1.54, 1.807) is 14.2 Å². The molecule has 0 unspecified atom stereocenters. The molecule has 3 nitrogen and oxygen atoms in total. The van der Waals surface area contributed by atoms with Crippen LogP contribution in [0.4, 0.5) is 5.69 Å². The third-order valence-corrected chi connectivity index (χ3v) is 3.38. The Kier molecular flexibility index (Phi) is 4.51. The van der Waals surface area contributed by atoms with Gasteiger partial charge in [0.05, 0.1) is 19.9 Å². The average molecular weight is 271 g/mol. The summed E-state index contributed by atoms with van der Waals surface area (Å²) in [6, 6.07) is 12.2. The van der Waals surface area contributed by atoms with Crippen LogP contribution in [-0.4, -0.2) is 14.2 Å². The second-order valence-electron chi connectivity index (χ2n) is 4.85. The SMILES string of the molecule is COc1ccc(OC)c(NCc2cc(C)ccc2C)c1. The van der Waals surface area contributed by atoms with Crippen molar-refractivity contribution >= 4 is 5.69 Å². The molecule has 2 aromatic rings. The summed E-state index contributed by atoms with van der Waals surface area (Å²) in [5.74, 6) is 1.63. The smallest absolute Gasteiger partial charge is 0.142 e. The number of nitrogens with one attached hydrogen (secondary N) is 1. The standard InChI is InChI=1S/C17H21NO2/c1-12-5-6-13(2)14(9-12)11-18-16-10-15(19-3)7-8-17(16)20-4/h5-10,18H,11H2,1-4H3. The zero-order valence-corrected chi connectivity index (χ0v) is 12.5. The van der Waals surface area contributed by atoms with Gasteiger partial charge < -0.3 is 14.8 Å². The van der Waals surface area contributed by atoms with Crippen molar-refractivity contribution in [3.8, 4) is 11.5 Å². The Morgan fingerprint density at radius 2 is 1.75 bits per heavy atom. The van der Waals surface area contributed by atoms with Crippen LogP contribution in [-0.2, 0) is 6.54 Å². The van der Waals surface area contributed by atoms with Gasteiger partial charge in [0.25, 0.3) is 0 Å². The van der Waals surface area contributed by atoms with E-state index in [4.69, 9.17) is 9.47 Å². The molecule has 0 amide bonds. The molecule has 20 heavy (non-hydrogen) atoms. The van der Waals surface area contributed by atoms with Crippen molar-refractivity contribution in [2.45, 2.75) is 20.4 Å². The lowest BCUT2D eigenvalue weighted by molar-refractivity contribution is 0.404. The first kappa shape index (κ1) is 14.3. The highest BCUT2D eigenvalue weighted by Crippen LogP contribution is 2.29. The Morgan fingerprint density at radius 1 is 0.950 bits per heavy atom. The summed E-state index contributed by atoms with van der Waals surface area (Å²) in [5, 5.41) is 3.42. The molecule has 0 bridgehead atoms. The largest absolute Gasteiger partial charge is 0.497 e. The van der Waals surface area contributed by atoms with Crippen molar-refractivity contribution in [3.05, 3.63) is 53.1 Å². The highest BCUT2D eigenvalue weighted by molar-refractivity contribution is 5.60. The summed E-state index contributed by atoms with van der Waals surface area (Å²) in [4.78, 5) is 0. The predicted molar refractivity (Wildman–Crippen MR) is 82.8 cm³/mol. The van der Waals surface area contributed by atoms with Crippen LogP contribution < -0.4 is 14.8 Å². The summed E-state index contributed by atoms with van der Waals surface area (Å²) < 4.78 is 10.6. The second kappa shape index (κ2) is 6.33. The number of rotatable bonds is 5. The van der Waals surface area contributed by atoms with Gasteiger partial charge in [0.1, 0.15) is 11.5 Å². The predicted octanol–water partition coefficient (Wildman–Crippen LogP) is 3.93. The molecule has 0 heterocycles. The zero-order chi connectivity index (χ0) is 14.5. The Morgan fingerprint density at radius 3 is 2.45 bits per heavy atom. The van der Waals surface area contributed by atoms with Crippen LogP contribution in [0.25, 0.3) is 0 Å². The monoisotopic (exact) mass is 271 g/mol. The van der Waals surface area contributed by atoms with Gasteiger partial charge in [-0.05, 0) is 37.1 Å². The lowest BCUT2D eigenvalue weighted by Gasteiger charge is -2.14. The van der Waals surface area contributed by atoms with Gasteiger partial charge in [-0.2, -0.15) is 0 Å². The minimum atomic E-state index is 0.761. The molecule has 0 aliphatic heterocycles. The van der Waals surface area contributed by atoms with Crippen LogP contribution in [0.1, 0.15) is 16.7 Å². The fraction of sp³-hybridized carbons (Fsp3) is 0.294. The minimum Gasteiger partial charge on any atom is -0.497 e. The molecule has 0 atom stereocenters. The maximum absolute atomic E-state index is 5.37. The Balaban J connectivity index is 2.19. The van der Waals surface area contributed by atoms with Crippen molar-refractivity contribution < 1.29 is 9.47 Å². The Bertz CT molecular complexity index is 594. The molecule has 0 aliphatic rings. The molecule has 0 aromatic heterocycles. The van der Waals surface area contributed by atoms with E-state index < -0.39 is 0 Å². The molecule has 0 radical (unpaired) electrons. The number of benzene rings is 2. The van der Waals surface area contributed by atoms with Crippen LogP contribution in [0.3, 0.4) is 0 Å². The van der Waals surface area contributed by atoms with E-state index in [0.29, 0.717) is 0 Å². The van der Waals surface area contributed by atoms with Gasteiger partial charge in [-0.15, -0.1) is 0 Å². The number of hydrogen-bond acceptors (Lipinski definition) is 3. The van der Waals surface area contributed by atoms with Gasteiger partial charge in [0.2, 0.25) is 0 Å². The van der Waals surface area contributed by atoms with E-state index in [0.717, 1.165) is 23.7 Å². The lowest BCUT2D eigenvalue weighted by Crippen LogP contribution is -2.03. The summed E-state index contributed by atoms with van der Waals surface area (Å²) in [7, 11) is 3.33. The first-order valence-electron chi connectivity index (χ1n) is 6.66. The van der Waals surface area contributed by atoms with Gasteiger partial charge >= 0.3 is 0 Å². The minimum absolute atomic E-state index is 0.761. The molecule has 106 valence electrons. The summed E-state index contributed by atoms with van der Waals surface area (Å²) in [6.45, 7) is 4.99. The summed E-state index contributed by atoms with van der Waals surface area (Å²) in [5.41, 5.74) is 4.78. The van der Waals surface area contributed by atoms with Crippen molar-refractivity contribution in [2.75, 3.05) is 19.5 Å². The topological polar surface area (TPSA) is 30.5 Å².